The molecule has 1 fully saturated rings. The second-order valence-electron chi connectivity index (χ2n) is 6.64. The number of amides is 3. The van der Waals surface area contributed by atoms with E-state index in [1.165, 1.54) is 6.92 Å². The van der Waals surface area contributed by atoms with Crippen LogP contribution in [-0.2, 0) is 22.4 Å². The molecule has 1 saturated heterocycles. The van der Waals surface area contributed by atoms with Crippen LogP contribution in [0.25, 0.3) is 5.69 Å². The van der Waals surface area contributed by atoms with E-state index in [4.69, 9.17) is 4.74 Å². The highest BCUT2D eigenvalue weighted by atomic mass is 16.5. The van der Waals surface area contributed by atoms with Crippen LogP contribution >= 0.6 is 0 Å². The summed E-state index contributed by atoms with van der Waals surface area (Å²) in [5.74, 6) is -1.17. The van der Waals surface area contributed by atoms with Gasteiger partial charge in [0.2, 0.25) is 0 Å². The Labute approximate surface area is 156 Å². The van der Waals surface area contributed by atoms with E-state index in [2.05, 4.69) is 10.4 Å². The molecule has 27 heavy (non-hydrogen) atoms. The maximum absolute atomic E-state index is 12.7. The minimum atomic E-state index is -1.06. The van der Waals surface area contributed by atoms with E-state index in [0.717, 1.165) is 41.1 Å². The minimum absolute atomic E-state index is 0.247. The van der Waals surface area contributed by atoms with E-state index in [9.17, 15) is 14.4 Å². The monoisotopic (exact) mass is 368 g/mol. The molecule has 2 aliphatic rings. The number of carbonyl (C=O) groups excluding carboxylic acids is 3. The smallest absolute Gasteiger partial charge is 0.359 e. The highest BCUT2D eigenvalue weighted by Gasteiger charge is 2.34. The molecule has 8 nitrogen and oxygen atoms in total. The minimum Gasteiger partial charge on any atom is -0.448 e. The first kappa shape index (κ1) is 17.3. The van der Waals surface area contributed by atoms with Gasteiger partial charge in [-0.2, -0.15) is 5.10 Å². The zero-order valence-corrected chi connectivity index (χ0v) is 15.0. The average Bonchev–Trinajstić information content (AvgIpc) is 3.37. The van der Waals surface area contributed by atoms with Gasteiger partial charge < -0.3 is 10.1 Å². The molecule has 0 spiro atoms. The number of hydrogen-bond acceptors (Lipinski definition) is 5. The summed E-state index contributed by atoms with van der Waals surface area (Å²) >= 11 is 0. The van der Waals surface area contributed by atoms with E-state index in [0.29, 0.717) is 6.54 Å². The molecule has 8 heteroatoms. The molecule has 0 bridgehead atoms. The van der Waals surface area contributed by atoms with Gasteiger partial charge in [0.15, 0.2) is 11.8 Å². The molecule has 1 aromatic heterocycles. The maximum atomic E-state index is 12.7. The van der Waals surface area contributed by atoms with Crippen molar-refractivity contribution in [2.45, 2.75) is 32.3 Å². The van der Waals surface area contributed by atoms with Crippen molar-refractivity contribution >= 4 is 17.9 Å². The first-order valence-corrected chi connectivity index (χ1v) is 9.02. The molecule has 2 heterocycles. The van der Waals surface area contributed by atoms with E-state index in [1.54, 1.807) is 4.68 Å². The number of imide groups is 1. The lowest BCUT2D eigenvalue weighted by Crippen LogP contribution is -2.41. The van der Waals surface area contributed by atoms with E-state index in [1.807, 2.05) is 30.3 Å². The SMILES string of the molecule is CC(OC(=O)c1nn(-c2ccccc2)c2c1CCC2)C(=O)N1CCNC1=O. The van der Waals surface area contributed by atoms with Crippen LogP contribution in [0.15, 0.2) is 30.3 Å². The molecule has 140 valence electrons. The number of benzene rings is 1. The number of rotatable bonds is 4. The summed E-state index contributed by atoms with van der Waals surface area (Å²) in [5, 5.41) is 7.02. The van der Waals surface area contributed by atoms with Gasteiger partial charge in [-0.25, -0.2) is 14.3 Å². The zero-order chi connectivity index (χ0) is 19.0. The number of aromatic nitrogens is 2. The topological polar surface area (TPSA) is 93.5 Å². The predicted molar refractivity (Wildman–Crippen MR) is 95.6 cm³/mol. The van der Waals surface area contributed by atoms with Crippen LogP contribution in [0.5, 0.6) is 0 Å². The average molecular weight is 368 g/mol. The van der Waals surface area contributed by atoms with Crippen molar-refractivity contribution in [3.8, 4) is 5.69 Å². The van der Waals surface area contributed by atoms with Gasteiger partial charge in [-0.15, -0.1) is 0 Å². The third-order valence-corrected chi connectivity index (χ3v) is 4.88. The molecule has 1 aliphatic heterocycles. The molecule has 1 unspecified atom stereocenters. The molecule has 3 amide bonds. The lowest BCUT2D eigenvalue weighted by Gasteiger charge is -2.17. The molecule has 1 atom stereocenters. The van der Waals surface area contributed by atoms with Gasteiger partial charge >= 0.3 is 12.0 Å². The van der Waals surface area contributed by atoms with Crippen LogP contribution in [0.2, 0.25) is 0 Å². The lowest BCUT2D eigenvalue weighted by molar-refractivity contribution is -0.136. The fraction of sp³-hybridized carbons (Fsp3) is 0.368. The fourth-order valence-corrected chi connectivity index (χ4v) is 3.55. The van der Waals surface area contributed by atoms with Crippen LogP contribution in [0.3, 0.4) is 0 Å². The first-order chi connectivity index (χ1) is 13.1. The second-order valence-corrected chi connectivity index (χ2v) is 6.64. The van der Waals surface area contributed by atoms with Gasteiger partial charge in [0, 0.05) is 24.3 Å². The Hall–Kier alpha value is -3.16. The van der Waals surface area contributed by atoms with Crippen molar-refractivity contribution < 1.29 is 19.1 Å². The molecular weight excluding hydrogens is 348 g/mol. The number of fused-ring (bicyclic) bond motifs is 1. The summed E-state index contributed by atoms with van der Waals surface area (Å²) in [4.78, 5) is 37.7. The van der Waals surface area contributed by atoms with Gasteiger partial charge in [-0.05, 0) is 38.3 Å². The van der Waals surface area contributed by atoms with Crippen molar-refractivity contribution in [1.82, 2.24) is 20.0 Å². The quantitative estimate of drug-likeness (QED) is 0.825. The Morgan fingerprint density at radius 1 is 1.22 bits per heavy atom. The summed E-state index contributed by atoms with van der Waals surface area (Å²) in [6, 6.07) is 9.15. The Morgan fingerprint density at radius 2 is 2.00 bits per heavy atom. The molecule has 0 radical (unpaired) electrons. The normalized spacial score (nSPS) is 16.8. The molecule has 1 aliphatic carbocycles. The van der Waals surface area contributed by atoms with Crippen molar-refractivity contribution in [3.05, 3.63) is 47.3 Å². The van der Waals surface area contributed by atoms with Crippen LogP contribution in [-0.4, -0.2) is 51.8 Å². The van der Waals surface area contributed by atoms with E-state index < -0.39 is 24.0 Å². The molecule has 1 aromatic carbocycles. The number of para-hydroxylation sites is 1. The summed E-state index contributed by atoms with van der Waals surface area (Å²) in [6.07, 6.45) is 1.49. The van der Waals surface area contributed by atoms with Crippen molar-refractivity contribution in [1.29, 1.82) is 0 Å². The summed E-state index contributed by atoms with van der Waals surface area (Å²) in [5.41, 5.74) is 3.01. The molecular formula is C19H20N4O4. The van der Waals surface area contributed by atoms with E-state index in [-0.39, 0.29) is 12.2 Å². The number of esters is 1. The number of carbonyl (C=O) groups is 3. The van der Waals surface area contributed by atoms with Crippen LogP contribution < -0.4 is 5.32 Å². The van der Waals surface area contributed by atoms with Gasteiger partial charge in [-0.3, -0.25) is 9.69 Å². The van der Waals surface area contributed by atoms with Gasteiger partial charge in [0.1, 0.15) is 0 Å². The highest BCUT2D eigenvalue weighted by molar-refractivity contribution is 5.99. The zero-order valence-electron chi connectivity index (χ0n) is 15.0. The van der Waals surface area contributed by atoms with Gasteiger partial charge in [0.05, 0.1) is 5.69 Å². The van der Waals surface area contributed by atoms with Crippen molar-refractivity contribution in [3.63, 3.8) is 0 Å². The summed E-state index contributed by atoms with van der Waals surface area (Å²) in [7, 11) is 0. The summed E-state index contributed by atoms with van der Waals surface area (Å²) < 4.78 is 7.12. The number of nitrogens with one attached hydrogen (secondary N) is 1. The van der Waals surface area contributed by atoms with Crippen molar-refractivity contribution in [2.75, 3.05) is 13.1 Å². The molecule has 4 rings (SSSR count). The van der Waals surface area contributed by atoms with Gasteiger partial charge in [-0.1, -0.05) is 18.2 Å². The second kappa shape index (κ2) is 6.86. The molecule has 1 N–H and O–H groups in total. The molecule has 2 aromatic rings. The van der Waals surface area contributed by atoms with Crippen LogP contribution in [0.4, 0.5) is 4.79 Å². The van der Waals surface area contributed by atoms with E-state index >= 15 is 0 Å². The third kappa shape index (κ3) is 3.07. The Kier molecular flexibility index (Phi) is 4.39. The highest BCUT2D eigenvalue weighted by Crippen LogP contribution is 2.28. The Bertz CT molecular complexity index is 906. The third-order valence-electron chi connectivity index (χ3n) is 4.88. The Morgan fingerprint density at radius 3 is 2.70 bits per heavy atom. The number of urea groups is 1. The van der Waals surface area contributed by atoms with Gasteiger partial charge in [0.25, 0.3) is 5.91 Å². The Balaban J connectivity index is 1.56. The maximum Gasteiger partial charge on any atom is 0.359 e. The number of hydrogen-bond donors (Lipinski definition) is 1. The van der Waals surface area contributed by atoms with Crippen LogP contribution in [0, 0.1) is 0 Å². The number of nitrogens with zero attached hydrogens (tertiary/aromatic N) is 3. The summed E-state index contributed by atoms with van der Waals surface area (Å²) in [6.45, 7) is 2.15. The lowest BCUT2D eigenvalue weighted by atomic mass is 10.2. The predicted octanol–water partition coefficient (Wildman–Crippen LogP) is 1.46. The first-order valence-electron chi connectivity index (χ1n) is 9.02. The van der Waals surface area contributed by atoms with Crippen LogP contribution in [0.1, 0.15) is 35.1 Å². The molecule has 0 saturated carbocycles. The van der Waals surface area contributed by atoms with Crippen molar-refractivity contribution in [2.24, 2.45) is 0 Å². The largest absolute Gasteiger partial charge is 0.448 e. The standard InChI is InChI=1S/C19H20N4O4/c1-12(17(24)22-11-10-20-19(22)26)27-18(25)16-14-8-5-9-15(14)23(21-16)13-6-3-2-4-7-13/h2-4,6-7,12H,5,8-11H2,1H3,(H,20,26). The number of ether oxygens (including phenoxy) is 1. The fourth-order valence-electron chi connectivity index (χ4n) is 3.55.